The molecule has 0 aliphatic carbocycles. The van der Waals surface area contributed by atoms with Gasteiger partial charge < -0.3 is 14.6 Å². The highest BCUT2D eigenvalue weighted by Crippen LogP contribution is 2.30. The highest BCUT2D eigenvalue weighted by molar-refractivity contribution is 5.86. The number of carbonyl (C=O) groups is 1. The Bertz CT molecular complexity index is 1330. The quantitative estimate of drug-likeness (QED) is 0.353. The third kappa shape index (κ3) is 4.96. The second kappa shape index (κ2) is 9.71. The summed E-state index contributed by atoms with van der Waals surface area (Å²) < 4.78 is 5.67. The zero-order valence-electron chi connectivity index (χ0n) is 18.2. The number of phenols is 1. The van der Waals surface area contributed by atoms with Crippen molar-refractivity contribution in [2.45, 2.75) is 32.4 Å². The predicted molar refractivity (Wildman–Crippen MR) is 127 cm³/mol. The Morgan fingerprint density at radius 2 is 1.58 bits per heavy atom. The van der Waals surface area contributed by atoms with E-state index < -0.39 is 17.6 Å². The van der Waals surface area contributed by atoms with Gasteiger partial charge in [0.15, 0.2) is 0 Å². The summed E-state index contributed by atoms with van der Waals surface area (Å²) in [6, 6.07) is 21.4. The van der Waals surface area contributed by atoms with Crippen LogP contribution in [0.15, 0.2) is 82.0 Å². The Labute approximate surface area is 191 Å². The summed E-state index contributed by atoms with van der Waals surface area (Å²) in [5, 5.41) is 23.8. The van der Waals surface area contributed by atoms with Crippen LogP contribution in [0, 0.1) is 6.92 Å². The lowest BCUT2D eigenvalue weighted by Crippen LogP contribution is -2.38. The van der Waals surface area contributed by atoms with Gasteiger partial charge in [-0.3, -0.25) is 10.1 Å². The summed E-state index contributed by atoms with van der Waals surface area (Å²) in [7, 11) is 0. The first-order valence-electron chi connectivity index (χ1n) is 10.7. The van der Waals surface area contributed by atoms with Gasteiger partial charge in [-0.05, 0) is 42.2 Å². The number of rotatable bonds is 8. The van der Waals surface area contributed by atoms with Gasteiger partial charge in [-0.15, -0.1) is 0 Å². The summed E-state index contributed by atoms with van der Waals surface area (Å²) >= 11 is 0. The van der Waals surface area contributed by atoms with E-state index in [0.29, 0.717) is 22.9 Å². The van der Waals surface area contributed by atoms with E-state index in [1.54, 1.807) is 12.1 Å². The lowest BCUT2D eigenvalue weighted by molar-refractivity contribution is -0.139. The first-order valence-corrected chi connectivity index (χ1v) is 10.7. The second-order valence-electron chi connectivity index (χ2n) is 8.06. The van der Waals surface area contributed by atoms with Gasteiger partial charge in [-0.25, -0.2) is 4.79 Å². The van der Waals surface area contributed by atoms with Crippen LogP contribution in [0.1, 0.15) is 27.8 Å². The van der Waals surface area contributed by atoms with Crippen LogP contribution in [-0.4, -0.2) is 22.2 Å². The number of aryl methyl sites for hydroxylation is 1. The summed E-state index contributed by atoms with van der Waals surface area (Å²) in [6.07, 6.45) is 0.726. The number of aliphatic carboxylic acids is 1. The summed E-state index contributed by atoms with van der Waals surface area (Å²) in [6.45, 7) is 1.90. The van der Waals surface area contributed by atoms with Crippen molar-refractivity contribution in [3.63, 3.8) is 0 Å². The molecule has 1 heterocycles. The summed E-state index contributed by atoms with van der Waals surface area (Å²) in [4.78, 5) is 24.6. The molecule has 0 radical (unpaired) electrons. The predicted octanol–water partition coefficient (Wildman–Crippen LogP) is 4.18. The van der Waals surface area contributed by atoms with E-state index in [1.807, 2.05) is 67.6 Å². The van der Waals surface area contributed by atoms with Crippen molar-refractivity contribution in [3.05, 3.63) is 111 Å². The molecule has 6 nitrogen and oxygen atoms in total. The SMILES string of the molecule is Cc1c(Cc2ccccc2)c(=O)oc2c(CN[C@@H](Cc3ccccc3)C(=O)O)c(O)ccc12. The number of hydrogen-bond acceptors (Lipinski definition) is 5. The van der Waals surface area contributed by atoms with Crippen molar-refractivity contribution in [3.8, 4) is 5.75 Å². The standard InChI is InChI=1S/C27H25NO5/c1-17-20-12-13-24(29)22(16-28-23(26(30)31)15-19-10-6-3-7-11-19)25(20)33-27(32)21(17)14-18-8-4-2-5-9-18/h2-13,23,28-29H,14-16H2,1H3,(H,30,31)/t23-/m0/s1. The fraction of sp³-hybridized carbons (Fsp3) is 0.185. The zero-order chi connectivity index (χ0) is 23.4. The molecule has 0 aliphatic heterocycles. The van der Waals surface area contributed by atoms with E-state index in [-0.39, 0.29) is 24.3 Å². The van der Waals surface area contributed by atoms with Crippen molar-refractivity contribution in [2.75, 3.05) is 0 Å². The fourth-order valence-corrected chi connectivity index (χ4v) is 4.00. The summed E-state index contributed by atoms with van der Waals surface area (Å²) in [5.74, 6) is -1.06. The number of carboxylic acids is 1. The zero-order valence-corrected chi connectivity index (χ0v) is 18.2. The molecule has 33 heavy (non-hydrogen) atoms. The number of phenolic OH excluding ortho intramolecular Hbond substituents is 1. The molecular formula is C27H25NO5. The molecule has 0 aliphatic rings. The number of hydrogen-bond donors (Lipinski definition) is 3. The minimum absolute atomic E-state index is 0.0351. The van der Waals surface area contributed by atoms with E-state index in [0.717, 1.165) is 16.7 Å². The minimum Gasteiger partial charge on any atom is -0.507 e. The third-order valence-corrected chi connectivity index (χ3v) is 5.86. The fourth-order valence-electron chi connectivity index (χ4n) is 4.00. The van der Waals surface area contributed by atoms with Crippen LogP contribution in [0.3, 0.4) is 0 Å². The second-order valence-corrected chi connectivity index (χ2v) is 8.06. The van der Waals surface area contributed by atoms with Crippen LogP contribution in [0.25, 0.3) is 11.0 Å². The van der Waals surface area contributed by atoms with Gasteiger partial charge in [0.25, 0.3) is 0 Å². The van der Waals surface area contributed by atoms with Crippen LogP contribution in [0.5, 0.6) is 5.75 Å². The van der Waals surface area contributed by atoms with Gasteiger partial charge in [0.1, 0.15) is 17.4 Å². The highest BCUT2D eigenvalue weighted by atomic mass is 16.4. The highest BCUT2D eigenvalue weighted by Gasteiger charge is 2.21. The molecule has 6 heteroatoms. The molecule has 4 rings (SSSR count). The molecule has 0 saturated heterocycles. The van der Waals surface area contributed by atoms with Crippen molar-refractivity contribution < 1.29 is 19.4 Å². The first-order chi connectivity index (χ1) is 15.9. The number of nitrogens with one attached hydrogen (secondary N) is 1. The van der Waals surface area contributed by atoms with E-state index in [4.69, 9.17) is 4.42 Å². The Morgan fingerprint density at radius 1 is 0.939 bits per heavy atom. The monoisotopic (exact) mass is 443 g/mol. The van der Waals surface area contributed by atoms with Gasteiger partial charge in [-0.2, -0.15) is 0 Å². The largest absolute Gasteiger partial charge is 0.507 e. The molecule has 0 spiro atoms. The number of aromatic hydroxyl groups is 1. The van der Waals surface area contributed by atoms with E-state index in [9.17, 15) is 19.8 Å². The molecule has 0 saturated carbocycles. The Balaban J connectivity index is 1.65. The molecule has 0 unspecified atom stereocenters. The average Bonchev–Trinajstić information content (AvgIpc) is 2.81. The van der Waals surface area contributed by atoms with Crippen molar-refractivity contribution >= 4 is 16.9 Å². The van der Waals surface area contributed by atoms with Gasteiger partial charge in [0, 0.05) is 23.9 Å². The smallest absolute Gasteiger partial charge is 0.340 e. The number of benzene rings is 3. The van der Waals surface area contributed by atoms with Gasteiger partial charge in [0.2, 0.25) is 0 Å². The van der Waals surface area contributed by atoms with Crippen LogP contribution < -0.4 is 10.9 Å². The van der Waals surface area contributed by atoms with E-state index in [2.05, 4.69) is 5.32 Å². The number of carboxylic acid groups (broad SMARTS) is 1. The maximum atomic E-state index is 12.8. The maximum absolute atomic E-state index is 12.8. The average molecular weight is 443 g/mol. The Hall–Kier alpha value is -3.90. The van der Waals surface area contributed by atoms with Crippen LogP contribution in [-0.2, 0) is 24.2 Å². The summed E-state index contributed by atoms with van der Waals surface area (Å²) in [5.41, 5.74) is 3.39. The molecule has 1 aromatic heterocycles. The van der Waals surface area contributed by atoms with Crippen molar-refractivity contribution in [1.82, 2.24) is 5.32 Å². The maximum Gasteiger partial charge on any atom is 0.340 e. The van der Waals surface area contributed by atoms with E-state index >= 15 is 0 Å². The minimum atomic E-state index is -0.999. The van der Waals surface area contributed by atoms with Crippen LogP contribution in [0.2, 0.25) is 0 Å². The lowest BCUT2D eigenvalue weighted by atomic mass is 9.98. The lowest BCUT2D eigenvalue weighted by Gasteiger charge is -2.17. The molecule has 3 N–H and O–H groups in total. The third-order valence-electron chi connectivity index (χ3n) is 5.86. The Kier molecular flexibility index (Phi) is 6.56. The molecule has 4 aromatic rings. The molecule has 1 atom stereocenters. The van der Waals surface area contributed by atoms with Crippen LogP contribution >= 0.6 is 0 Å². The van der Waals surface area contributed by atoms with Crippen LogP contribution in [0.4, 0.5) is 0 Å². The molecule has 168 valence electrons. The molecule has 3 aromatic carbocycles. The van der Waals surface area contributed by atoms with E-state index in [1.165, 1.54) is 0 Å². The normalized spacial score (nSPS) is 12.0. The van der Waals surface area contributed by atoms with Crippen molar-refractivity contribution in [1.29, 1.82) is 0 Å². The first kappa shape index (κ1) is 22.3. The molecule has 0 bridgehead atoms. The topological polar surface area (TPSA) is 99.8 Å². The van der Waals surface area contributed by atoms with Gasteiger partial charge in [-0.1, -0.05) is 60.7 Å². The van der Waals surface area contributed by atoms with Crippen molar-refractivity contribution in [2.24, 2.45) is 0 Å². The number of fused-ring (bicyclic) bond motifs is 1. The Morgan fingerprint density at radius 3 is 2.21 bits per heavy atom. The molecular weight excluding hydrogens is 418 g/mol. The van der Waals surface area contributed by atoms with Gasteiger partial charge in [0.05, 0.1) is 5.56 Å². The van der Waals surface area contributed by atoms with Gasteiger partial charge >= 0.3 is 11.6 Å². The molecule has 0 fully saturated rings. The molecule has 0 amide bonds.